The molecule has 6 rings (SSSR count). The minimum Gasteiger partial charge on any atom is -0.464 e. The fourth-order valence-electron chi connectivity index (χ4n) is 4.55. The highest BCUT2D eigenvalue weighted by Gasteiger charge is 2.44. The second-order valence-electron chi connectivity index (χ2n) is 7.11. The summed E-state index contributed by atoms with van der Waals surface area (Å²) < 4.78 is 7.68. The first kappa shape index (κ1) is 15.0. The van der Waals surface area contributed by atoms with E-state index in [1.165, 1.54) is 47.3 Å². The molecule has 2 aromatic carbocycles. The van der Waals surface area contributed by atoms with E-state index in [1.807, 2.05) is 0 Å². The molecule has 0 N–H and O–H groups in total. The molecule has 3 nitrogen and oxygen atoms in total. The van der Waals surface area contributed by atoms with E-state index in [1.54, 1.807) is 0 Å². The summed E-state index contributed by atoms with van der Waals surface area (Å²) >= 11 is 2.37. The Morgan fingerprint density at radius 1 is 1.00 bits per heavy atom. The lowest BCUT2D eigenvalue weighted by Gasteiger charge is -2.49. The number of benzene rings is 2. The standard InChI is InChI=1S/C20H21IN2O/c21-16-6-7-17-19(12-16)24-20(15-4-2-1-3-5-15)23(17)18-13-22-10-8-14(18)9-11-22/h1-7,12,14,18,20H,8-11,13H2. The maximum absolute atomic E-state index is 6.45. The number of rotatable bonds is 2. The molecular weight excluding hydrogens is 411 g/mol. The number of ether oxygens (including phenoxy) is 1. The van der Waals surface area contributed by atoms with Crippen LogP contribution in [0.15, 0.2) is 48.5 Å². The summed E-state index contributed by atoms with van der Waals surface area (Å²) in [5.41, 5.74) is 2.52. The predicted octanol–water partition coefficient (Wildman–Crippen LogP) is 4.28. The third kappa shape index (κ3) is 2.42. The topological polar surface area (TPSA) is 15.7 Å². The molecule has 4 heterocycles. The van der Waals surface area contributed by atoms with Crippen molar-refractivity contribution in [3.05, 3.63) is 57.7 Å². The first-order chi connectivity index (χ1) is 11.8. The van der Waals surface area contributed by atoms with Gasteiger partial charge in [-0.3, -0.25) is 0 Å². The van der Waals surface area contributed by atoms with Gasteiger partial charge < -0.3 is 14.5 Å². The molecule has 2 bridgehead atoms. The molecule has 2 atom stereocenters. The van der Waals surface area contributed by atoms with Crippen molar-refractivity contribution in [1.29, 1.82) is 0 Å². The number of halogens is 1. The van der Waals surface area contributed by atoms with E-state index in [0.29, 0.717) is 6.04 Å². The molecule has 124 valence electrons. The van der Waals surface area contributed by atoms with E-state index < -0.39 is 0 Å². The Balaban J connectivity index is 1.58. The average molecular weight is 432 g/mol. The van der Waals surface area contributed by atoms with Gasteiger partial charge in [0.25, 0.3) is 0 Å². The SMILES string of the molecule is Ic1ccc2c(c1)OC(c1ccccc1)N2C1CN2CCC1CC2. The van der Waals surface area contributed by atoms with Crippen LogP contribution in [-0.2, 0) is 0 Å². The highest BCUT2D eigenvalue weighted by atomic mass is 127. The molecule has 4 heteroatoms. The lowest BCUT2D eigenvalue weighted by atomic mass is 9.82. The molecule has 0 amide bonds. The van der Waals surface area contributed by atoms with Gasteiger partial charge in [-0.15, -0.1) is 0 Å². The maximum Gasteiger partial charge on any atom is 0.199 e. The van der Waals surface area contributed by atoms with Crippen molar-refractivity contribution in [2.24, 2.45) is 5.92 Å². The second-order valence-corrected chi connectivity index (χ2v) is 8.35. The van der Waals surface area contributed by atoms with Gasteiger partial charge in [-0.25, -0.2) is 0 Å². The van der Waals surface area contributed by atoms with Gasteiger partial charge in [0, 0.05) is 21.7 Å². The minimum absolute atomic E-state index is 0.00458. The average Bonchev–Trinajstić information content (AvgIpc) is 3.01. The van der Waals surface area contributed by atoms with Crippen molar-refractivity contribution < 1.29 is 4.74 Å². The predicted molar refractivity (Wildman–Crippen MR) is 104 cm³/mol. The lowest BCUT2D eigenvalue weighted by Crippen LogP contribution is -2.57. The summed E-state index contributed by atoms with van der Waals surface area (Å²) in [7, 11) is 0. The molecular formula is C20H21IN2O. The van der Waals surface area contributed by atoms with E-state index in [4.69, 9.17) is 4.74 Å². The van der Waals surface area contributed by atoms with Gasteiger partial charge in [0.2, 0.25) is 0 Å². The van der Waals surface area contributed by atoms with Crippen LogP contribution in [0.25, 0.3) is 0 Å². The van der Waals surface area contributed by atoms with Crippen LogP contribution in [-0.4, -0.2) is 30.6 Å². The molecule has 4 aliphatic heterocycles. The van der Waals surface area contributed by atoms with Crippen LogP contribution in [0.1, 0.15) is 24.6 Å². The van der Waals surface area contributed by atoms with Gasteiger partial charge in [0.05, 0.1) is 5.69 Å². The van der Waals surface area contributed by atoms with E-state index in [9.17, 15) is 0 Å². The molecule has 3 saturated heterocycles. The molecule has 3 fully saturated rings. The number of hydrogen-bond acceptors (Lipinski definition) is 3. The van der Waals surface area contributed by atoms with Crippen LogP contribution in [0.2, 0.25) is 0 Å². The molecule has 0 aliphatic carbocycles. The number of nitrogens with zero attached hydrogens (tertiary/aromatic N) is 2. The molecule has 4 aliphatic rings. The zero-order chi connectivity index (χ0) is 16.1. The quantitative estimate of drug-likeness (QED) is 0.659. The van der Waals surface area contributed by atoms with Gasteiger partial charge in [0.15, 0.2) is 6.23 Å². The Morgan fingerprint density at radius 3 is 2.50 bits per heavy atom. The highest BCUT2D eigenvalue weighted by molar-refractivity contribution is 14.1. The summed E-state index contributed by atoms with van der Waals surface area (Å²) in [6.45, 7) is 3.71. The van der Waals surface area contributed by atoms with Crippen LogP contribution in [0.3, 0.4) is 0 Å². The molecule has 0 aromatic heterocycles. The molecule has 0 saturated carbocycles. The first-order valence-corrected chi connectivity index (χ1v) is 9.89. The van der Waals surface area contributed by atoms with Crippen LogP contribution in [0, 0.1) is 9.49 Å². The molecule has 24 heavy (non-hydrogen) atoms. The Kier molecular flexibility index (Phi) is 3.70. The third-order valence-corrected chi connectivity index (χ3v) is 6.43. The molecule has 2 unspecified atom stereocenters. The second kappa shape index (κ2) is 5.92. The lowest BCUT2D eigenvalue weighted by molar-refractivity contribution is 0.0699. The fraction of sp³-hybridized carbons (Fsp3) is 0.400. The van der Waals surface area contributed by atoms with Crippen molar-refractivity contribution in [2.45, 2.75) is 25.1 Å². The van der Waals surface area contributed by atoms with Crippen LogP contribution < -0.4 is 9.64 Å². The zero-order valence-corrected chi connectivity index (χ0v) is 15.7. The van der Waals surface area contributed by atoms with Crippen molar-refractivity contribution >= 4 is 28.3 Å². The summed E-state index contributed by atoms with van der Waals surface area (Å²) in [6.07, 6.45) is 2.65. The smallest absolute Gasteiger partial charge is 0.199 e. The summed E-state index contributed by atoms with van der Waals surface area (Å²) in [4.78, 5) is 5.19. The summed E-state index contributed by atoms with van der Waals surface area (Å²) in [5, 5.41) is 0. The van der Waals surface area contributed by atoms with E-state index in [-0.39, 0.29) is 6.23 Å². The van der Waals surface area contributed by atoms with Crippen LogP contribution in [0.5, 0.6) is 5.75 Å². The van der Waals surface area contributed by atoms with Gasteiger partial charge in [-0.2, -0.15) is 0 Å². The fourth-order valence-corrected chi connectivity index (χ4v) is 5.01. The van der Waals surface area contributed by atoms with E-state index >= 15 is 0 Å². The number of hydrogen-bond donors (Lipinski definition) is 0. The van der Waals surface area contributed by atoms with Gasteiger partial charge in [-0.05, 0) is 72.6 Å². The van der Waals surface area contributed by atoms with Crippen LogP contribution in [0.4, 0.5) is 5.69 Å². The van der Waals surface area contributed by atoms with Gasteiger partial charge in [0.1, 0.15) is 5.75 Å². The van der Waals surface area contributed by atoms with Crippen molar-refractivity contribution in [3.63, 3.8) is 0 Å². The molecule has 2 aromatic rings. The van der Waals surface area contributed by atoms with Crippen molar-refractivity contribution in [1.82, 2.24) is 4.90 Å². The maximum atomic E-state index is 6.45. The molecule has 0 spiro atoms. The van der Waals surface area contributed by atoms with Gasteiger partial charge in [-0.1, -0.05) is 30.3 Å². The number of piperidine rings is 3. The normalized spacial score (nSPS) is 31.0. The Hall–Kier alpha value is -1.27. The Labute approximate surface area is 156 Å². The van der Waals surface area contributed by atoms with Crippen molar-refractivity contribution in [2.75, 3.05) is 24.5 Å². The first-order valence-electron chi connectivity index (χ1n) is 8.81. The molecule has 0 radical (unpaired) electrons. The summed E-state index contributed by atoms with van der Waals surface area (Å²) in [5.74, 6) is 1.82. The Morgan fingerprint density at radius 2 is 1.79 bits per heavy atom. The highest BCUT2D eigenvalue weighted by Crippen LogP contribution is 2.48. The number of anilines is 1. The van der Waals surface area contributed by atoms with Crippen LogP contribution >= 0.6 is 22.6 Å². The zero-order valence-electron chi connectivity index (χ0n) is 13.6. The Bertz CT molecular complexity index is 743. The van der Waals surface area contributed by atoms with Gasteiger partial charge >= 0.3 is 0 Å². The largest absolute Gasteiger partial charge is 0.464 e. The third-order valence-electron chi connectivity index (χ3n) is 5.75. The van der Waals surface area contributed by atoms with Crippen molar-refractivity contribution in [3.8, 4) is 5.75 Å². The monoisotopic (exact) mass is 432 g/mol. The summed E-state index contributed by atoms with van der Waals surface area (Å²) in [6, 6.07) is 17.9. The minimum atomic E-state index is 0.00458. The van der Waals surface area contributed by atoms with E-state index in [2.05, 4.69) is 80.9 Å². The van der Waals surface area contributed by atoms with E-state index in [0.717, 1.165) is 11.7 Å². The number of fused-ring (bicyclic) bond motifs is 4.